The summed E-state index contributed by atoms with van der Waals surface area (Å²) in [6.07, 6.45) is 10.7. The first-order valence-corrected chi connectivity index (χ1v) is 11.7. The highest BCUT2D eigenvalue weighted by Crippen LogP contribution is 2.41. The van der Waals surface area contributed by atoms with Crippen molar-refractivity contribution in [2.75, 3.05) is 26.7 Å². The van der Waals surface area contributed by atoms with Crippen LogP contribution in [0.1, 0.15) is 49.7 Å². The molecule has 1 aromatic heterocycles. The maximum Gasteiger partial charge on any atom is 0.343 e. The van der Waals surface area contributed by atoms with Gasteiger partial charge in [-0.05, 0) is 36.1 Å². The molecule has 166 valence electrons. The van der Waals surface area contributed by atoms with Gasteiger partial charge in [-0.25, -0.2) is 4.79 Å². The average molecular weight is 424 g/mol. The van der Waals surface area contributed by atoms with Gasteiger partial charge in [0.05, 0.1) is 20.1 Å². The number of pyridine rings is 1. The van der Waals surface area contributed by atoms with Crippen molar-refractivity contribution in [3.8, 4) is 0 Å². The number of benzene rings is 1. The molecule has 31 heavy (non-hydrogen) atoms. The monoisotopic (exact) mass is 423 g/mol. The normalized spacial score (nSPS) is 25.9. The van der Waals surface area contributed by atoms with E-state index in [1.807, 2.05) is 42.7 Å². The Kier molecular flexibility index (Phi) is 6.73. The average Bonchev–Trinajstić information content (AvgIpc) is 3.48. The van der Waals surface area contributed by atoms with Crippen molar-refractivity contribution >= 4 is 5.97 Å². The zero-order valence-corrected chi connectivity index (χ0v) is 18.6. The van der Waals surface area contributed by atoms with Gasteiger partial charge >= 0.3 is 5.97 Å². The summed E-state index contributed by atoms with van der Waals surface area (Å²) in [6, 6.07) is 13.8. The molecule has 1 aliphatic heterocycles. The number of quaternary nitrogens is 1. The number of rotatable bonds is 8. The molecule has 2 aromatic rings. The van der Waals surface area contributed by atoms with Crippen molar-refractivity contribution in [1.82, 2.24) is 4.98 Å². The van der Waals surface area contributed by atoms with E-state index >= 15 is 0 Å². The van der Waals surface area contributed by atoms with E-state index in [0.29, 0.717) is 12.2 Å². The van der Waals surface area contributed by atoms with Crippen LogP contribution < -0.4 is 0 Å². The molecule has 2 fully saturated rings. The van der Waals surface area contributed by atoms with Crippen molar-refractivity contribution in [3.63, 3.8) is 0 Å². The smallest absolute Gasteiger partial charge is 0.343 e. The molecule has 1 aliphatic carbocycles. The molecule has 3 atom stereocenters. The number of carbonyl (C=O) groups excluding carboxylic acids is 1. The Hall–Kier alpha value is -2.24. The molecule has 5 nitrogen and oxygen atoms in total. The SMILES string of the molecule is C[N+]1(CCc2ccncc2)CCCC1COC(=O)C(O)(c1ccccc1)C1CCCC1. The van der Waals surface area contributed by atoms with Crippen LogP contribution in [-0.4, -0.2) is 53.3 Å². The lowest BCUT2D eigenvalue weighted by atomic mass is 9.80. The van der Waals surface area contributed by atoms with Crippen LogP contribution in [0.3, 0.4) is 0 Å². The minimum absolute atomic E-state index is 0.0708. The van der Waals surface area contributed by atoms with Gasteiger partial charge < -0.3 is 14.3 Å². The quantitative estimate of drug-likeness (QED) is 0.517. The van der Waals surface area contributed by atoms with Crippen molar-refractivity contribution in [1.29, 1.82) is 0 Å². The summed E-state index contributed by atoms with van der Waals surface area (Å²) < 4.78 is 6.80. The fourth-order valence-electron chi connectivity index (χ4n) is 5.51. The zero-order valence-electron chi connectivity index (χ0n) is 18.6. The molecule has 0 radical (unpaired) electrons. The van der Waals surface area contributed by atoms with Crippen molar-refractivity contribution < 1.29 is 19.1 Å². The Bertz CT molecular complexity index is 853. The van der Waals surface area contributed by atoms with E-state index in [4.69, 9.17) is 4.74 Å². The highest BCUT2D eigenvalue weighted by molar-refractivity contribution is 5.81. The second-order valence-corrected chi connectivity index (χ2v) is 9.54. The third-order valence-electron chi connectivity index (χ3n) is 7.63. The van der Waals surface area contributed by atoms with Crippen LogP contribution in [0.25, 0.3) is 0 Å². The number of carbonyl (C=O) groups is 1. The largest absolute Gasteiger partial charge is 0.457 e. The van der Waals surface area contributed by atoms with Gasteiger partial charge in [0.25, 0.3) is 0 Å². The minimum Gasteiger partial charge on any atom is -0.457 e. The number of nitrogens with zero attached hydrogens (tertiary/aromatic N) is 2. The number of likely N-dealkylation sites (tertiary alicyclic amines) is 1. The highest BCUT2D eigenvalue weighted by Gasteiger charge is 2.48. The van der Waals surface area contributed by atoms with Gasteiger partial charge in [0.15, 0.2) is 5.60 Å². The number of likely N-dealkylation sites (N-methyl/N-ethyl adjacent to an activating group) is 1. The molecule has 1 N–H and O–H groups in total. The van der Waals surface area contributed by atoms with E-state index in [9.17, 15) is 9.90 Å². The van der Waals surface area contributed by atoms with Crippen LogP contribution in [0.4, 0.5) is 0 Å². The lowest BCUT2D eigenvalue weighted by Crippen LogP contribution is -2.52. The number of hydrogen-bond donors (Lipinski definition) is 1. The van der Waals surface area contributed by atoms with Gasteiger partial charge in [-0.3, -0.25) is 4.98 Å². The molecule has 5 heteroatoms. The van der Waals surface area contributed by atoms with Gasteiger partial charge in [0, 0.05) is 37.6 Å². The highest BCUT2D eigenvalue weighted by atomic mass is 16.6. The van der Waals surface area contributed by atoms with Crippen molar-refractivity contribution in [2.24, 2.45) is 5.92 Å². The maximum atomic E-state index is 13.3. The van der Waals surface area contributed by atoms with E-state index in [1.54, 1.807) is 0 Å². The second-order valence-electron chi connectivity index (χ2n) is 9.54. The zero-order chi connectivity index (χ0) is 21.7. The minimum atomic E-state index is -1.54. The fourth-order valence-corrected chi connectivity index (χ4v) is 5.51. The van der Waals surface area contributed by atoms with E-state index in [0.717, 1.165) is 62.5 Å². The number of aromatic nitrogens is 1. The van der Waals surface area contributed by atoms with Gasteiger partial charge in [-0.2, -0.15) is 0 Å². The summed E-state index contributed by atoms with van der Waals surface area (Å²) in [5.41, 5.74) is 0.404. The number of ether oxygens (including phenoxy) is 1. The molecular formula is C26H35N2O3+. The summed E-state index contributed by atoms with van der Waals surface area (Å²) >= 11 is 0. The van der Waals surface area contributed by atoms with E-state index < -0.39 is 11.6 Å². The standard InChI is InChI=1S/C26H35N2O3/c1-28(19-15-21-13-16-27-17-14-21)18-7-12-24(28)20-31-25(29)26(30,23-10-5-6-11-23)22-8-3-2-4-9-22/h2-4,8-9,13-14,16-17,23-24,30H,5-7,10-12,15,18-20H2,1H3/q+1. The van der Waals surface area contributed by atoms with Crippen LogP contribution in [0, 0.1) is 5.92 Å². The first kappa shape index (κ1) is 22.0. The maximum absolute atomic E-state index is 13.3. The first-order valence-electron chi connectivity index (χ1n) is 11.7. The molecule has 2 heterocycles. The molecule has 3 unspecified atom stereocenters. The van der Waals surface area contributed by atoms with Gasteiger partial charge in [0.2, 0.25) is 0 Å². The molecule has 4 rings (SSSR count). The Morgan fingerprint density at radius 3 is 2.52 bits per heavy atom. The van der Waals surface area contributed by atoms with Crippen LogP contribution in [0.2, 0.25) is 0 Å². The molecule has 1 saturated heterocycles. The lowest BCUT2D eigenvalue weighted by molar-refractivity contribution is -0.921. The molecule has 1 aromatic carbocycles. The summed E-state index contributed by atoms with van der Waals surface area (Å²) in [7, 11) is 2.27. The first-order chi connectivity index (χ1) is 15.0. The third kappa shape index (κ3) is 4.68. The lowest BCUT2D eigenvalue weighted by Gasteiger charge is -2.37. The Morgan fingerprint density at radius 1 is 1.10 bits per heavy atom. The topological polar surface area (TPSA) is 59.4 Å². The molecular weight excluding hydrogens is 388 g/mol. The van der Waals surface area contributed by atoms with Gasteiger partial charge in [-0.1, -0.05) is 43.2 Å². The second kappa shape index (κ2) is 9.49. The van der Waals surface area contributed by atoms with E-state index in [-0.39, 0.29) is 12.0 Å². The number of esters is 1. The molecule has 0 bridgehead atoms. The summed E-state index contributed by atoms with van der Waals surface area (Å²) in [6.45, 7) is 2.48. The Balaban J connectivity index is 1.43. The van der Waals surface area contributed by atoms with E-state index in [2.05, 4.69) is 24.2 Å². The van der Waals surface area contributed by atoms with Crippen LogP contribution in [-0.2, 0) is 21.6 Å². The van der Waals surface area contributed by atoms with E-state index in [1.165, 1.54) is 5.56 Å². The van der Waals surface area contributed by atoms with Crippen LogP contribution >= 0.6 is 0 Å². The van der Waals surface area contributed by atoms with Gasteiger partial charge in [-0.15, -0.1) is 0 Å². The summed E-state index contributed by atoms with van der Waals surface area (Å²) in [5.74, 6) is -0.545. The van der Waals surface area contributed by atoms with Crippen LogP contribution in [0.15, 0.2) is 54.9 Å². The molecule has 0 amide bonds. The van der Waals surface area contributed by atoms with Gasteiger partial charge in [0.1, 0.15) is 12.6 Å². The predicted molar refractivity (Wildman–Crippen MR) is 120 cm³/mol. The fraction of sp³-hybridized carbons (Fsp3) is 0.538. The molecule has 2 aliphatic rings. The Labute approximate surface area is 185 Å². The summed E-state index contributed by atoms with van der Waals surface area (Å²) in [4.78, 5) is 17.4. The van der Waals surface area contributed by atoms with Crippen molar-refractivity contribution in [2.45, 2.75) is 56.6 Å². The van der Waals surface area contributed by atoms with Crippen LogP contribution in [0.5, 0.6) is 0 Å². The van der Waals surface area contributed by atoms with Crippen molar-refractivity contribution in [3.05, 3.63) is 66.0 Å². The number of hydrogen-bond acceptors (Lipinski definition) is 4. The summed E-state index contributed by atoms with van der Waals surface area (Å²) in [5, 5.41) is 11.6. The Morgan fingerprint density at radius 2 is 1.81 bits per heavy atom. The number of aliphatic hydroxyl groups is 1. The molecule has 0 spiro atoms. The predicted octanol–water partition coefficient (Wildman–Crippen LogP) is 3.85. The molecule has 1 saturated carbocycles. The third-order valence-corrected chi connectivity index (χ3v) is 7.63.